The summed E-state index contributed by atoms with van der Waals surface area (Å²) in [6, 6.07) is 8.56. The highest BCUT2D eigenvalue weighted by Crippen LogP contribution is 2.43. The van der Waals surface area contributed by atoms with E-state index in [4.69, 9.17) is 14.7 Å². The molecule has 0 unspecified atom stereocenters. The Balaban J connectivity index is 1.30. The minimum absolute atomic E-state index is 0.0345. The third-order valence-electron chi connectivity index (χ3n) is 9.87. The molecule has 7 rings (SSSR count). The first-order chi connectivity index (χ1) is 21.3. The van der Waals surface area contributed by atoms with Crippen LogP contribution in [0.3, 0.4) is 0 Å². The van der Waals surface area contributed by atoms with Crippen molar-refractivity contribution in [3.8, 4) is 17.8 Å². The summed E-state index contributed by atoms with van der Waals surface area (Å²) in [5, 5.41) is 21.6. The van der Waals surface area contributed by atoms with Crippen LogP contribution in [0.15, 0.2) is 24.3 Å². The molecule has 0 bridgehead atoms. The number of hydrogen-bond donors (Lipinski definition) is 1. The lowest BCUT2D eigenvalue weighted by Crippen LogP contribution is -2.43. The number of amides is 1. The maximum absolute atomic E-state index is 15.0. The third kappa shape index (κ3) is 4.80. The zero-order chi connectivity index (χ0) is 30.6. The first-order valence-electron chi connectivity index (χ1n) is 15.6. The fourth-order valence-corrected chi connectivity index (χ4v) is 7.77. The molecular formula is C33H36F2N6O3. The van der Waals surface area contributed by atoms with Gasteiger partial charge in [-0.05, 0) is 61.7 Å². The number of phenolic OH excluding ortho intramolecular Hbond substituents is 1. The largest absolute Gasteiger partial charge is 0.508 e. The number of aromatic nitrogens is 2. The molecule has 1 amide bonds. The number of alkyl halides is 1. The molecule has 2 aromatic carbocycles. The number of benzene rings is 2. The second kappa shape index (κ2) is 11.1. The molecule has 44 heavy (non-hydrogen) atoms. The third-order valence-corrected chi connectivity index (χ3v) is 9.87. The van der Waals surface area contributed by atoms with Gasteiger partial charge in [-0.1, -0.05) is 19.4 Å². The summed E-state index contributed by atoms with van der Waals surface area (Å²) in [6.45, 7) is 4.48. The van der Waals surface area contributed by atoms with Gasteiger partial charge in [0.2, 0.25) is 0 Å². The van der Waals surface area contributed by atoms with Crippen molar-refractivity contribution in [2.75, 3.05) is 42.6 Å². The van der Waals surface area contributed by atoms with Gasteiger partial charge in [0.05, 0.1) is 35.5 Å². The van der Waals surface area contributed by atoms with Crippen LogP contribution in [0.4, 0.5) is 20.3 Å². The van der Waals surface area contributed by atoms with Crippen molar-refractivity contribution in [1.82, 2.24) is 14.9 Å². The van der Waals surface area contributed by atoms with E-state index in [0.29, 0.717) is 71.6 Å². The zero-order valence-corrected chi connectivity index (χ0v) is 24.9. The molecule has 4 aliphatic rings. The summed E-state index contributed by atoms with van der Waals surface area (Å²) in [5.74, 6) is -0.554. The molecular weight excluding hydrogens is 566 g/mol. The van der Waals surface area contributed by atoms with Gasteiger partial charge in [-0.25, -0.2) is 8.78 Å². The normalized spacial score (nSPS) is 25.3. The number of anilines is 2. The molecule has 1 N–H and O–H groups in total. The minimum atomic E-state index is -0.892. The van der Waals surface area contributed by atoms with Gasteiger partial charge in [-0.3, -0.25) is 9.69 Å². The van der Waals surface area contributed by atoms with E-state index in [2.05, 4.69) is 11.0 Å². The van der Waals surface area contributed by atoms with Crippen LogP contribution in [0.25, 0.3) is 10.8 Å². The zero-order valence-electron chi connectivity index (χ0n) is 24.9. The molecule has 4 aliphatic heterocycles. The number of nitriles is 1. The average molecular weight is 603 g/mol. The Morgan fingerprint density at radius 2 is 2.05 bits per heavy atom. The predicted molar refractivity (Wildman–Crippen MR) is 161 cm³/mol. The van der Waals surface area contributed by atoms with Crippen LogP contribution in [0.1, 0.15) is 67.1 Å². The van der Waals surface area contributed by atoms with Gasteiger partial charge in [-0.15, -0.1) is 0 Å². The highest BCUT2D eigenvalue weighted by Gasteiger charge is 2.49. The molecule has 1 aromatic heterocycles. The van der Waals surface area contributed by atoms with Gasteiger partial charge >= 0.3 is 6.01 Å². The lowest BCUT2D eigenvalue weighted by Gasteiger charge is -2.31. The van der Waals surface area contributed by atoms with Crippen LogP contribution in [-0.4, -0.2) is 70.4 Å². The van der Waals surface area contributed by atoms with E-state index in [-0.39, 0.29) is 48.1 Å². The molecule has 0 radical (unpaired) electrons. The second-order valence-electron chi connectivity index (χ2n) is 12.6. The van der Waals surface area contributed by atoms with Crippen molar-refractivity contribution >= 4 is 28.2 Å². The molecule has 3 aromatic rings. The van der Waals surface area contributed by atoms with E-state index in [1.165, 1.54) is 17.0 Å². The molecule has 3 atom stereocenters. The molecule has 5 heterocycles. The van der Waals surface area contributed by atoms with Crippen LogP contribution < -0.4 is 14.5 Å². The minimum Gasteiger partial charge on any atom is -0.508 e. The van der Waals surface area contributed by atoms with E-state index in [1.807, 2.05) is 11.8 Å². The van der Waals surface area contributed by atoms with Gasteiger partial charge in [0.1, 0.15) is 35.7 Å². The molecule has 230 valence electrons. The fraction of sp³-hybridized carbons (Fsp3) is 0.515. The van der Waals surface area contributed by atoms with Crippen molar-refractivity contribution in [3.63, 3.8) is 0 Å². The van der Waals surface area contributed by atoms with Crippen LogP contribution in [-0.2, 0) is 13.0 Å². The SMILES string of the molecule is CCc1c(F)ccc2cc(O)cc(N3Cc4nc(OC[C@@]56CCCN5C[C@H](F)C6)nc(N5CCCC[C@H](C#N)C5)c4C3=O)c12. The number of carbonyl (C=O) groups excluding carboxylic acids is 1. The number of hydrogen-bond acceptors (Lipinski definition) is 8. The Kier molecular flexibility index (Phi) is 7.28. The Labute approximate surface area is 255 Å². The standard InChI is InChI=1S/C33H36F2N6O3/c1-2-24-25(35)8-7-21-12-23(42)13-27(28(21)24)41-18-26-29(31(41)43)30(39-10-4-3-6-20(15-36)16-39)38-32(37-26)44-19-33-9-5-11-40(33)17-22(34)14-33/h7-8,12-13,20,22,42H,2-6,9-11,14,16-19H2,1H3/t20-,22-,33+/m1/s1. The van der Waals surface area contributed by atoms with Crippen LogP contribution in [0, 0.1) is 23.1 Å². The molecule has 3 saturated heterocycles. The lowest BCUT2D eigenvalue weighted by molar-refractivity contribution is 0.0996. The Morgan fingerprint density at radius 1 is 1.18 bits per heavy atom. The number of ether oxygens (including phenoxy) is 1. The summed E-state index contributed by atoms with van der Waals surface area (Å²) in [6.07, 6.45) is 4.26. The topological polar surface area (TPSA) is 106 Å². The first kappa shape index (κ1) is 28.7. The van der Waals surface area contributed by atoms with Crippen molar-refractivity contribution in [3.05, 3.63) is 46.9 Å². The predicted octanol–water partition coefficient (Wildman–Crippen LogP) is 5.28. The van der Waals surface area contributed by atoms with E-state index in [1.54, 1.807) is 12.1 Å². The smallest absolute Gasteiger partial charge is 0.318 e. The maximum atomic E-state index is 15.0. The van der Waals surface area contributed by atoms with Gasteiger partial charge in [0.25, 0.3) is 5.91 Å². The van der Waals surface area contributed by atoms with E-state index < -0.39 is 6.17 Å². The highest BCUT2D eigenvalue weighted by molar-refractivity contribution is 6.16. The Bertz CT molecular complexity index is 1680. The van der Waals surface area contributed by atoms with Crippen LogP contribution >= 0.6 is 0 Å². The summed E-state index contributed by atoms with van der Waals surface area (Å²) < 4.78 is 35.7. The molecule has 3 fully saturated rings. The number of halogens is 2. The van der Waals surface area contributed by atoms with Crippen molar-refractivity contribution in [2.45, 2.75) is 70.1 Å². The Morgan fingerprint density at radius 3 is 2.86 bits per heavy atom. The molecule has 9 nitrogen and oxygen atoms in total. The van der Waals surface area contributed by atoms with Crippen molar-refractivity contribution in [2.24, 2.45) is 5.92 Å². The molecule has 0 spiro atoms. The summed E-state index contributed by atoms with van der Waals surface area (Å²) in [4.78, 5) is 29.5. The van der Waals surface area contributed by atoms with Crippen molar-refractivity contribution < 1.29 is 23.4 Å². The Hall–Kier alpha value is -4.04. The van der Waals surface area contributed by atoms with E-state index in [9.17, 15) is 23.9 Å². The van der Waals surface area contributed by atoms with Crippen molar-refractivity contribution in [1.29, 1.82) is 5.26 Å². The quantitative estimate of drug-likeness (QED) is 0.406. The summed E-state index contributed by atoms with van der Waals surface area (Å²) >= 11 is 0. The second-order valence-corrected chi connectivity index (χ2v) is 12.6. The fourth-order valence-electron chi connectivity index (χ4n) is 7.77. The van der Waals surface area contributed by atoms with E-state index >= 15 is 0 Å². The number of fused-ring (bicyclic) bond motifs is 3. The lowest BCUT2D eigenvalue weighted by atomic mass is 9.95. The first-order valence-corrected chi connectivity index (χ1v) is 15.6. The summed E-state index contributed by atoms with van der Waals surface area (Å²) in [5.41, 5.74) is 1.27. The molecule has 0 aliphatic carbocycles. The van der Waals surface area contributed by atoms with Gasteiger partial charge in [-0.2, -0.15) is 15.2 Å². The van der Waals surface area contributed by atoms with Gasteiger partial charge < -0.3 is 19.6 Å². The number of aryl methyl sites for hydroxylation is 1. The van der Waals surface area contributed by atoms with Gasteiger partial charge in [0, 0.05) is 37.5 Å². The summed E-state index contributed by atoms with van der Waals surface area (Å²) in [7, 11) is 0. The monoisotopic (exact) mass is 602 g/mol. The average Bonchev–Trinajstić information content (AvgIpc) is 3.57. The van der Waals surface area contributed by atoms with Gasteiger partial charge in [0.15, 0.2) is 0 Å². The maximum Gasteiger partial charge on any atom is 0.318 e. The van der Waals surface area contributed by atoms with E-state index in [0.717, 1.165) is 38.6 Å². The van der Waals surface area contributed by atoms with Crippen LogP contribution in [0.2, 0.25) is 0 Å². The highest BCUT2D eigenvalue weighted by atomic mass is 19.1. The number of nitrogens with zero attached hydrogens (tertiary/aromatic N) is 6. The molecule has 0 saturated carbocycles. The molecule has 11 heteroatoms. The number of carbonyl (C=O) groups is 1. The number of rotatable bonds is 6. The van der Waals surface area contributed by atoms with Crippen LogP contribution in [0.5, 0.6) is 11.8 Å². The number of aromatic hydroxyl groups is 1. The number of phenols is 1.